The van der Waals surface area contributed by atoms with Crippen LogP contribution in [0.25, 0.3) is 0 Å². The van der Waals surface area contributed by atoms with Gasteiger partial charge in [0.2, 0.25) is 5.95 Å². The second kappa shape index (κ2) is 6.16. The zero-order valence-electron chi connectivity index (χ0n) is 14.3. The molecule has 0 unspecified atom stereocenters. The molecule has 0 fully saturated rings. The average molecular weight is 332 g/mol. The number of hydrogen-bond donors (Lipinski definition) is 0. The quantitative estimate of drug-likeness (QED) is 0.720. The molecule has 0 aliphatic carbocycles. The Labute approximate surface area is 146 Å². The maximum atomic E-state index is 13.1. The zero-order chi connectivity index (χ0) is 17.4. The van der Waals surface area contributed by atoms with Crippen LogP contribution in [0.5, 0.6) is 0 Å². The SMILES string of the molecule is Cc1cccc(C(=O)N2c3ncnn3[C@H](c3ccccc3)C[C@H]2C)c1. The molecule has 1 aliphatic rings. The molecule has 0 saturated carbocycles. The first-order valence-electron chi connectivity index (χ1n) is 8.50. The molecule has 5 nitrogen and oxygen atoms in total. The predicted molar refractivity (Wildman–Crippen MR) is 96.7 cm³/mol. The van der Waals surface area contributed by atoms with E-state index >= 15 is 0 Å². The van der Waals surface area contributed by atoms with E-state index in [1.807, 2.05) is 54.1 Å². The molecule has 4 rings (SSSR count). The average Bonchev–Trinajstić information content (AvgIpc) is 3.10. The molecular formula is C20H20N4O. The molecule has 2 heterocycles. The van der Waals surface area contributed by atoms with Crippen molar-refractivity contribution in [1.29, 1.82) is 0 Å². The second-order valence-electron chi connectivity index (χ2n) is 6.56. The first-order valence-corrected chi connectivity index (χ1v) is 8.50. The summed E-state index contributed by atoms with van der Waals surface area (Å²) in [5.74, 6) is 0.580. The zero-order valence-corrected chi connectivity index (χ0v) is 14.3. The Balaban J connectivity index is 1.74. The Hall–Kier alpha value is -2.95. The molecule has 25 heavy (non-hydrogen) atoms. The van der Waals surface area contributed by atoms with Gasteiger partial charge in [-0.25, -0.2) is 4.68 Å². The van der Waals surface area contributed by atoms with Crippen LogP contribution in [0, 0.1) is 6.92 Å². The maximum Gasteiger partial charge on any atom is 0.260 e. The van der Waals surface area contributed by atoms with Crippen LogP contribution in [-0.2, 0) is 0 Å². The van der Waals surface area contributed by atoms with Crippen LogP contribution in [0.1, 0.15) is 40.9 Å². The summed E-state index contributed by atoms with van der Waals surface area (Å²) in [6, 6.07) is 18.1. The number of aryl methyl sites for hydroxylation is 1. The van der Waals surface area contributed by atoms with Crippen molar-refractivity contribution in [3.8, 4) is 0 Å². The fraction of sp³-hybridized carbons (Fsp3) is 0.250. The Bertz CT molecular complexity index is 903. The highest BCUT2D eigenvalue weighted by molar-refractivity contribution is 6.05. The van der Waals surface area contributed by atoms with Crippen molar-refractivity contribution >= 4 is 11.9 Å². The monoisotopic (exact) mass is 332 g/mol. The van der Waals surface area contributed by atoms with Crippen LogP contribution in [0.3, 0.4) is 0 Å². The molecule has 3 aromatic rings. The number of hydrogen-bond acceptors (Lipinski definition) is 3. The largest absolute Gasteiger partial charge is 0.274 e. The third kappa shape index (κ3) is 2.71. The maximum absolute atomic E-state index is 13.1. The number of anilines is 1. The van der Waals surface area contributed by atoms with E-state index in [1.165, 1.54) is 11.9 Å². The van der Waals surface area contributed by atoms with E-state index in [0.717, 1.165) is 12.0 Å². The van der Waals surface area contributed by atoms with Crippen molar-refractivity contribution in [2.75, 3.05) is 4.90 Å². The van der Waals surface area contributed by atoms with Gasteiger partial charge in [0.15, 0.2) is 0 Å². The molecule has 0 spiro atoms. The Morgan fingerprint density at radius 1 is 1.12 bits per heavy atom. The van der Waals surface area contributed by atoms with Gasteiger partial charge in [-0.1, -0.05) is 48.0 Å². The first kappa shape index (κ1) is 15.6. The van der Waals surface area contributed by atoms with Crippen molar-refractivity contribution in [2.24, 2.45) is 0 Å². The fourth-order valence-electron chi connectivity index (χ4n) is 3.52. The summed E-state index contributed by atoms with van der Waals surface area (Å²) in [5, 5.41) is 4.40. The van der Waals surface area contributed by atoms with Crippen LogP contribution < -0.4 is 4.90 Å². The molecule has 2 aromatic carbocycles. The summed E-state index contributed by atoms with van der Waals surface area (Å²) in [4.78, 5) is 19.3. The smallest absolute Gasteiger partial charge is 0.260 e. The lowest BCUT2D eigenvalue weighted by Crippen LogP contribution is -2.46. The van der Waals surface area contributed by atoms with Gasteiger partial charge in [-0.3, -0.25) is 9.69 Å². The standard InChI is InChI=1S/C20H20N4O/c1-14-7-6-10-17(11-14)19(25)23-15(2)12-18(16-8-4-3-5-9-16)24-20(23)21-13-22-24/h3-11,13,15,18H,12H2,1-2H3/t15-,18+/m1/s1. The summed E-state index contributed by atoms with van der Waals surface area (Å²) in [6.07, 6.45) is 2.33. The van der Waals surface area contributed by atoms with Crippen molar-refractivity contribution in [3.05, 3.63) is 77.6 Å². The highest BCUT2D eigenvalue weighted by Gasteiger charge is 2.36. The van der Waals surface area contributed by atoms with Gasteiger partial charge in [0.1, 0.15) is 6.33 Å². The molecule has 0 radical (unpaired) electrons. The van der Waals surface area contributed by atoms with E-state index in [0.29, 0.717) is 11.5 Å². The van der Waals surface area contributed by atoms with Crippen LogP contribution in [0.2, 0.25) is 0 Å². The molecule has 1 aliphatic heterocycles. The predicted octanol–water partition coefficient (Wildman–Crippen LogP) is 3.61. The van der Waals surface area contributed by atoms with Gasteiger partial charge in [0.25, 0.3) is 5.91 Å². The van der Waals surface area contributed by atoms with E-state index in [2.05, 4.69) is 29.1 Å². The number of aromatic nitrogens is 3. The molecule has 0 saturated heterocycles. The van der Waals surface area contributed by atoms with Crippen LogP contribution in [0.4, 0.5) is 5.95 Å². The van der Waals surface area contributed by atoms with Crippen LogP contribution in [0.15, 0.2) is 60.9 Å². The summed E-state index contributed by atoms with van der Waals surface area (Å²) in [5.41, 5.74) is 2.93. The van der Waals surface area contributed by atoms with Gasteiger partial charge >= 0.3 is 0 Å². The Morgan fingerprint density at radius 3 is 2.68 bits per heavy atom. The number of benzene rings is 2. The number of nitrogens with zero attached hydrogens (tertiary/aromatic N) is 4. The lowest BCUT2D eigenvalue weighted by atomic mass is 9.97. The second-order valence-corrected chi connectivity index (χ2v) is 6.56. The molecule has 0 bridgehead atoms. The molecule has 2 atom stereocenters. The molecule has 5 heteroatoms. The number of carbonyl (C=O) groups is 1. The molecule has 1 amide bonds. The topological polar surface area (TPSA) is 51.0 Å². The molecule has 1 aromatic heterocycles. The van der Waals surface area contributed by atoms with Gasteiger partial charge < -0.3 is 0 Å². The lowest BCUT2D eigenvalue weighted by Gasteiger charge is -2.37. The van der Waals surface area contributed by atoms with Gasteiger partial charge in [-0.2, -0.15) is 10.1 Å². The highest BCUT2D eigenvalue weighted by atomic mass is 16.2. The number of fused-ring (bicyclic) bond motifs is 1. The fourth-order valence-corrected chi connectivity index (χ4v) is 3.52. The van der Waals surface area contributed by atoms with Crippen LogP contribution >= 0.6 is 0 Å². The summed E-state index contributed by atoms with van der Waals surface area (Å²) >= 11 is 0. The van der Waals surface area contributed by atoms with E-state index in [-0.39, 0.29) is 18.0 Å². The molecule has 0 N–H and O–H groups in total. The Kier molecular flexibility index (Phi) is 3.84. The highest BCUT2D eigenvalue weighted by Crippen LogP contribution is 2.35. The first-order chi connectivity index (χ1) is 12.1. The van der Waals surface area contributed by atoms with E-state index in [9.17, 15) is 4.79 Å². The normalized spacial score (nSPS) is 19.5. The third-order valence-corrected chi connectivity index (χ3v) is 4.74. The lowest BCUT2D eigenvalue weighted by molar-refractivity contribution is 0.0966. The minimum absolute atomic E-state index is 0.0306. The van der Waals surface area contributed by atoms with Crippen molar-refractivity contribution in [2.45, 2.75) is 32.4 Å². The van der Waals surface area contributed by atoms with Gasteiger partial charge in [0.05, 0.1) is 6.04 Å². The molecular weight excluding hydrogens is 312 g/mol. The minimum atomic E-state index is -0.0306. The van der Waals surface area contributed by atoms with Crippen molar-refractivity contribution in [3.63, 3.8) is 0 Å². The van der Waals surface area contributed by atoms with Crippen molar-refractivity contribution in [1.82, 2.24) is 14.8 Å². The van der Waals surface area contributed by atoms with Crippen molar-refractivity contribution < 1.29 is 4.79 Å². The summed E-state index contributed by atoms with van der Waals surface area (Å²) < 4.78 is 1.86. The van der Waals surface area contributed by atoms with Gasteiger partial charge in [0, 0.05) is 11.6 Å². The van der Waals surface area contributed by atoms with Gasteiger partial charge in [-0.15, -0.1) is 0 Å². The Morgan fingerprint density at radius 2 is 1.92 bits per heavy atom. The van der Waals surface area contributed by atoms with E-state index in [1.54, 1.807) is 4.90 Å². The van der Waals surface area contributed by atoms with Crippen LogP contribution in [-0.4, -0.2) is 26.7 Å². The number of carbonyl (C=O) groups excluding carboxylic acids is 1. The summed E-state index contributed by atoms with van der Waals surface area (Å²) in [7, 11) is 0. The van der Waals surface area contributed by atoms with Gasteiger partial charge in [-0.05, 0) is 38.0 Å². The van der Waals surface area contributed by atoms with E-state index < -0.39 is 0 Å². The summed E-state index contributed by atoms with van der Waals surface area (Å²) in [6.45, 7) is 4.06. The number of amides is 1. The minimum Gasteiger partial charge on any atom is -0.274 e. The van der Waals surface area contributed by atoms with E-state index in [4.69, 9.17) is 0 Å². The number of rotatable bonds is 2. The third-order valence-electron chi connectivity index (χ3n) is 4.74. The molecule has 126 valence electrons.